The van der Waals surface area contributed by atoms with E-state index in [1.807, 2.05) is 0 Å². The molecule has 3 atom stereocenters. The number of unbranched alkanes of at least 4 members (excludes halogenated alkanes) is 34. The lowest BCUT2D eigenvalue weighted by atomic mass is 10.0. The van der Waals surface area contributed by atoms with Crippen molar-refractivity contribution in [1.29, 1.82) is 0 Å². The van der Waals surface area contributed by atoms with E-state index in [9.17, 15) is 19.8 Å². The number of rotatable bonds is 48. The second-order valence-corrected chi connectivity index (χ2v) is 18.3. The van der Waals surface area contributed by atoms with E-state index >= 15 is 0 Å². The standard InChI is InChI=1S/C53H103NO5/c1-4-7-10-13-16-19-22-24-26-28-30-33-36-39-42-45-51(56)50(48-55)54-52(57)47-49(44-41-38-35-32-21-18-15-12-9-6-3)59-53(58)46-43-40-37-34-31-29-27-25-23-20-17-14-11-8-5-2/h18,21,49-51,55-56H,4-17,19-20,22-48H2,1-3H3,(H,54,57)/b21-18-. The van der Waals surface area contributed by atoms with Gasteiger partial charge in [0.2, 0.25) is 5.91 Å². The van der Waals surface area contributed by atoms with Crippen molar-refractivity contribution < 1.29 is 24.5 Å². The van der Waals surface area contributed by atoms with Crippen LogP contribution in [0.15, 0.2) is 12.2 Å². The van der Waals surface area contributed by atoms with Gasteiger partial charge in [0.15, 0.2) is 0 Å². The lowest BCUT2D eigenvalue weighted by molar-refractivity contribution is -0.151. The zero-order chi connectivity index (χ0) is 43.1. The fraction of sp³-hybridized carbons (Fsp3) is 0.925. The number of nitrogens with one attached hydrogen (secondary N) is 1. The summed E-state index contributed by atoms with van der Waals surface area (Å²) in [6.07, 6.45) is 52.7. The third-order valence-corrected chi connectivity index (χ3v) is 12.3. The molecule has 0 aliphatic heterocycles. The van der Waals surface area contributed by atoms with E-state index in [1.165, 1.54) is 180 Å². The average Bonchev–Trinajstić information content (AvgIpc) is 3.23. The highest BCUT2D eigenvalue weighted by molar-refractivity contribution is 5.77. The molecule has 0 aromatic carbocycles. The normalized spacial score (nSPS) is 13.2. The monoisotopic (exact) mass is 834 g/mol. The fourth-order valence-electron chi connectivity index (χ4n) is 8.31. The fourth-order valence-corrected chi connectivity index (χ4v) is 8.31. The zero-order valence-corrected chi connectivity index (χ0v) is 39.9. The minimum atomic E-state index is -0.785. The molecular weight excluding hydrogens is 731 g/mol. The molecule has 0 fully saturated rings. The van der Waals surface area contributed by atoms with Crippen LogP contribution in [0.1, 0.15) is 290 Å². The largest absolute Gasteiger partial charge is 0.462 e. The minimum Gasteiger partial charge on any atom is -0.462 e. The van der Waals surface area contributed by atoms with E-state index < -0.39 is 18.2 Å². The third-order valence-electron chi connectivity index (χ3n) is 12.3. The molecule has 0 saturated heterocycles. The van der Waals surface area contributed by atoms with Gasteiger partial charge in [0.25, 0.3) is 0 Å². The number of ether oxygens (including phenoxy) is 1. The first-order chi connectivity index (χ1) is 29.0. The first-order valence-corrected chi connectivity index (χ1v) is 26.4. The summed E-state index contributed by atoms with van der Waals surface area (Å²) in [4.78, 5) is 26.1. The van der Waals surface area contributed by atoms with Gasteiger partial charge in [-0.25, -0.2) is 0 Å². The molecule has 0 rings (SSSR count). The molecule has 0 radical (unpaired) electrons. The number of aliphatic hydroxyl groups excluding tert-OH is 2. The van der Waals surface area contributed by atoms with E-state index in [0.29, 0.717) is 19.3 Å². The molecule has 3 unspecified atom stereocenters. The number of aliphatic hydroxyl groups is 2. The van der Waals surface area contributed by atoms with E-state index in [1.54, 1.807) is 0 Å². The summed E-state index contributed by atoms with van der Waals surface area (Å²) in [7, 11) is 0. The Labute approximate surface area is 368 Å². The first-order valence-electron chi connectivity index (χ1n) is 26.4. The molecule has 0 saturated carbocycles. The number of hydrogen-bond donors (Lipinski definition) is 3. The second kappa shape index (κ2) is 47.6. The molecule has 0 aliphatic carbocycles. The molecule has 6 heteroatoms. The van der Waals surface area contributed by atoms with Gasteiger partial charge in [-0.3, -0.25) is 9.59 Å². The highest BCUT2D eigenvalue weighted by Crippen LogP contribution is 2.18. The average molecular weight is 834 g/mol. The van der Waals surface area contributed by atoms with Crippen LogP contribution in [0.5, 0.6) is 0 Å². The van der Waals surface area contributed by atoms with Gasteiger partial charge in [-0.1, -0.05) is 238 Å². The van der Waals surface area contributed by atoms with Crippen LogP contribution in [0.4, 0.5) is 0 Å². The Morgan fingerprint density at radius 3 is 1.24 bits per heavy atom. The lowest BCUT2D eigenvalue weighted by Gasteiger charge is -2.24. The first kappa shape index (κ1) is 57.6. The second-order valence-electron chi connectivity index (χ2n) is 18.3. The lowest BCUT2D eigenvalue weighted by Crippen LogP contribution is -2.46. The minimum absolute atomic E-state index is 0.0735. The third kappa shape index (κ3) is 43.1. The topological polar surface area (TPSA) is 95.9 Å². The summed E-state index contributed by atoms with van der Waals surface area (Å²) in [6, 6.07) is -0.699. The van der Waals surface area contributed by atoms with Gasteiger partial charge in [-0.05, 0) is 51.4 Å². The van der Waals surface area contributed by atoms with E-state index in [0.717, 1.165) is 64.2 Å². The van der Waals surface area contributed by atoms with Gasteiger partial charge in [0.1, 0.15) is 6.10 Å². The van der Waals surface area contributed by atoms with Crippen LogP contribution in [-0.4, -0.2) is 46.9 Å². The highest BCUT2D eigenvalue weighted by Gasteiger charge is 2.24. The van der Waals surface area contributed by atoms with E-state index in [-0.39, 0.29) is 24.9 Å². The molecule has 3 N–H and O–H groups in total. The van der Waals surface area contributed by atoms with Crippen LogP contribution in [0.3, 0.4) is 0 Å². The predicted molar refractivity (Wildman–Crippen MR) is 255 cm³/mol. The van der Waals surface area contributed by atoms with Crippen LogP contribution in [0.25, 0.3) is 0 Å². The maximum absolute atomic E-state index is 13.2. The van der Waals surface area contributed by atoms with Crippen molar-refractivity contribution in [3.8, 4) is 0 Å². The van der Waals surface area contributed by atoms with Crippen molar-refractivity contribution in [1.82, 2.24) is 5.32 Å². The number of amides is 1. The number of allylic oxidation sites excluding steroid dienone is 2. The molecule has 0 heterocycles. The quantitative estimate of drug-likeness (QED) is 0.0322. The number of carbonyl (C=O) groups is 2. The molecule has 0 bridgehead atoms. The summed E-state index contributed by atoms with van der Waals surface area (Å²) < 4.78 is 5.92. The Balaban J connectivity index is 4.44. The molecular formula is C53H103NO5. The summed E-state index contributed by atoms with van der Waals surface area (Å²) in [5.74, 6) is -0.473. The summed E-state index contributed by atoms with van der Waals surface area (Å²) >= 11 is 0. The van der Waals surface area contributed by atoms with Crippen molar-refractivity contribution in [3.05, 3.63) is 12.2 Å². The maximum atomic E-state index is 13.2. The van der Waals surface area contributed by atoms with Crippen molar-refractivity contribution in [3.63, 3.8) is 0 Å². The molecule has 0 aromatic heterocycles. The summed E-state index contributed by atoms with van der Waals surface area (Å²) in [6.45, 7) is 6.48. The van der Waals surface area contributed by atoms with Crippen LogP contribution in [0, 0.1) is 0 Å². The van der Waals surface area contributed by atoms with Gasteiger partial charge in [0, 0.05) is 6.42 Å². The van der Waals surface area contributed by atoms with Crippen molar-refractivity contribution >= 4 is 11.9 Å². The van der Waals surface area contributed by atoms with Gasteiger partial charge in [0.05, 0.1) is 25.2 Å². The number of carbonyl (C=O) groups excluding carboxylic acids is 2. The molecule has 0 aromatic rings. The van der Waals surface area contributed by atoms with E-state index in [4.69, 9.17) is 4.74 Å². The maximum Gasteiger partial charge on any atom is 0.306 e. The Kier molecular flexibility index (Phi) is 46.5. The molecule has 59 heavy (non-hydrogen) atoms. The van der Waals surface area contributed by atoms with Crippen LogP contribution >= 0.6 is 0 Å². The highest BCUT2D eigenvalue weighted by atomic mass is 16.5. The van der Waals surface area contributed by atoms with E-state index in [2.05, 4.69) is 38.2 Å². The van der Waals surface area contributed by atoms with Gasteiger partial charge in [-0.15, -0.1) is 0 Å². The van der Waals surface area contributed by atoms with Crippen LogP contribution in [-0.2, 0) is 14.3 Å². The summed E-state index contributed by atoms with van der Waals surface area (Å²) in [5.41, 5.74) is 0. The van der Waals surface area contributed by atoms with Crippen molar-refractivity contribution in [2.24, 2.45) is 0 Å². The SMILES string of the molecule is CCCCC/C=C\CCCCCC(CC(=O)NC(CO)C(O)CCCCCCCCCCCCCCCCC)OC(=O)CCCCCCCCCCCCCCCCC. The Morgan fingerprint density at radius 2 is 0.814 bits per heavy atom. The van der Waals surface area contributed by atoms with Gasteiger partial charge < -0.3 is 20.3 Å². The van der Waals surface area contributed by atoms with Crippen molar-refractivity contribution in [2.45, 2.75) is 309 Å². The smallest absolute Gasteiger partial charge is 0.306 e. The van der Waals surface area contributed by atoms with Gasteiger partial charge in [-0.2, -0.15) is 0 Å². The molecule has 350 valence electrons. The molecule has 0 aliphatic rings. The van der Waals surface area contributed by atoms with Crippen molar-refractivity contribution in [2.75, 3.05) is 6.61 Å². The Hall–Kier alpha value is -1.40. The van der Waals surface area contributed by atoms with Gasteiger partial charge >= 0.3 is 5.97 Å². The Bertz CT molecular complexity index is 893. The van der Waals surface area contributed by atoms with Crippen LogP contribution in [0.2, 0.25) is 0 Å². The van der Waals surface area contributed by atoms with Crippen LogP contribution < -0.4 is 5.32 Å². The predicted octanol–water partition coefficient (Wildman–Crippen LogP) is 15.7. The Morgan fingerprint density at radius 1 is 0.475 bits per heavy atom. The summed E-state index contributed by atoms with van der Waals surface area (Å²) in [5, 5.41) is 23.8. The molecule has 1 amide bonds. The molecule has 0 spiro atoms. The number of hydrogen-bond acceptors (Lipinski definition) is 5. The molecule has 6 nitrogen and oxygen atoms in total. The zero-order valence-electron chi connectivity index (χ0n) is 39.9. The number of esters is 1.